The number of hydrogen-bond acceptors (Lipinski definition) is 2. The number of guanidine groups is 1. The number of nitrogens with one attached hydrogen (secondary N) is 2. The highest BCUT2D eigenvalue weighted by Gasteiger charge is 2.13. The molecule has 0 radical (unpaired) electrons. The minimum absolute atomic E-state index is 0.407. The van der Waals surface area contributed by atoms with Crippen molar-refractivity contribution in [2.24, 2.45) is 10.9 Å². The molecule has 0 aromatic carbocycles. The topological polar surface area (TPSA) is 39.7 Å². The molecule has 0 aliphatic heterocycles. The summed E-state index contributed by atoms with van der Waals surface area (Å²) in [5.41, 5.74) is 0. The maximum atomic E-state index is 4.21. The zero-order chi connectivity index (χ0) is 13.4. The number of likely N-dealkylation sites (N-methyl/N-ethyl adjacent to an activating group) is 1. The lowest BCUT2D eigenvalue weighted by Gasteiger charge is -2.27. The molecule has 2 N–H and O–H groups in total. The van der Waals surface area contributed by atoms with E-state index in [9.17, 15) is 0 Å². The second kappa shape index (κ2) is 8.34. The van der Waals surface area contributed by atoms with Crippen LogP contribution >= 0.6 is 0 Å². The molecule has 1 atom stereocenters. The van der Waals surface area contributed by atoms with E-state index >= 15 is 0 Å². The Kier molecular flexibility index (Phi) is 7.96. The van der Waals surface area contributed by atoms with Gasteiger partial charge in [0.1, 0.15) is 0 Å². The van der Waals surface area contributed by atoms with E-state index < -0.39 is 0 Å². The summed E-state index contributed by atoms with van der Waals surface area (Å²) in [5.74, 6) is 1.60. The molecular formula is C13H30N4. The second-order valence-electron chi connectivity index (χ2n) is 5.50. The van der Waals surface area contributed by atoms with E-state index in [1.807, 2.05) is 7.05 Å². The third kappa shape index (κ3) is 8.02. The Hall–Kier alpha value is -0.770. The summed E-state index contributed by atoms with van der Waals surface area (Å²) in [6, 6.07) is 0.949. The fourth-order valence-corrected chi connectivity index (χ4v) is 1.70. The summed E-state index contributed by atoms with van der Waals surface area (Å²) in [5, 5.41) is 6.68. The van der Waals surface area contributed by atoms with Gasteiger partial charge in [-0.05, 0) is 40.3 Å². The fourth-order valence-electron chi connectivity index (χ4n) is 1.70. The Morgan fingerprint density at radius 1 is 1.18 bits per heavy atom. The Morgan fingerprint density at radius 2 is 1.76 bits per heavy atom. The second-order valence-corrected chi connectivity index (χ2v) is 5.50. The van der Waals surface area contributed by atoms with Crippen LogP contribution < -0.4 is 10.6 Å². The molecule has 0 bridgehead atoms. The lowest BCUT2D eigenvalue weighted by Crippen LogP contribution is -2.47. The Labute approximate surface area is 107 Å². The molecule has 4 heteroatoms. The molecule has 4 nitrogen and oxygen atoms in total. The van der Waals surface area contributed by atoms with Gasteiger partial charge >= 0.3 is 0 Å². The zero-order valence-electron chi connectivity index (χ0n) is 12.5. The van der Waals surface area contributed by atoms with Gasteiger partial charge in [-0.1, -0.05) is 13.8 Å². The van der Waals surface area contributed by atoms with Gasteiger partial charge in [-0.2, -0.15) is 0 Å². The molecule has 0 saturated heterocycles. The number of aliphatic imine (C=N–C) groups is 1. The molecule has 0 aromatic rings. The quantitative estimate of drug-likeness (QED) is 0.548. The summed E-state index contributed by atoms with van der Waals surface area (Å²) < 4.78 is 0. The van der Waals surface area contributed by atoms with Crippen LogP contribution in [0.25, 0.3) is 0 Å². The molecule has 1 unspecified atom stereocenters. The lowest BCUT2D eigenvalue weighted by molar-refractivity contribution is 0.254. The first-order valence-corrected chi connectivity index (χ1v) is 6.50. The van der Waals surface area contributed by atoms with Gasteiger partial charge < -0.3 is 15.5 Å². The van der Waals surface area contributed by atoms with E-state index in [1.165, 1.54) is 6.42 Å². The van der Waals surface area contributed by atoms with Crippen molar-refractivity contribution < 1.29 is 0 Å². The van der Waals surface area contributed by atoms with Crippen LogP contribution in [0.2, 0.25) is 0 Å². The third-order valence-electron chi connectivity index (χ3n) is 2.63. The molecular weight excluding hydrogens is 212 g/mol. The van der Waals surface area contributed by atoms with Crippen LogP contribution in [-0.2, 0) is 0 Å². The molecule has 0 rings (SSSR count). The van der Waals surface area contributed by atoms with Crippen LogP contribution in [0.15, 0.2) is 4.99 Å². The van der Waals surface area contributed by atoms with Gasteiger partial charge in [0, 0.05) is 25.7 Å². The highest BCUT2D eigenvalue weighted by Crippen LogP contribution is 2.07. The van der Waals surface area contributed by atoms with Crippen molar-refractivity contribution in [2.45, 2.75) is 46.2 Å². The van der Waals surface area contributed by atoms with Gasteiger partial charge in [0.2, 0.25) is 0 Å². The highest BCUT2D eigenvalue weighted by atomic mass is 15.2. The maximum absolute atomic E-state index is 4.21. The number of nitrogens with zero attached hydrogens (tertiary/aromatic N) is 2. The first-order valence-electron chi connectivity index (χ1n) is 6.50. The molecule has 0 aliphatic carbocycles. The molecule has 0 heterocycles. The van der Waals surface area contributed by atoms with Gasteiger partial charge in [-0.25, -0.2) is 0 Å². The minimum atomic E-state index is 0.407. The van der Waals surface area contributed by atoms with Gasteiger partial charge in [0.15, 0.2) is 5.96 Å². The zero-order valence-corrected chi connectivity index (χ0v) is 12.5. The molecule has 17 heavy (non-hydrogen) atoms. The van der Waals surface area contributed by atoms with Crippen molar-refractivity contribution in [2.75, 3.05) is 27.7 Å². The monoisotopic (exact) mass is 242 g/mol. The van der Waals surface area contributed by atoms with Crippen LogP contribution in [0.1, 0.15) is 34.1 Å². The number of rotatable bonds is 6. The van der Waals surface area contributed by atoms with Gasteiger partial charge in [0.05, 0.1) is 0 Å². The van der Waals surface area contributed by atoms with Crippen LogP contribution in [-0.4, -0.2) is 50.6 Å². The van der Waals surface area contributed by atoms with Gasteiger partial charge in [0.25, 0.3) is 0 Å². The van der Waals surface area contributed by atoms with Crippen molar-refractivity contribution in [1.82, 2.24) is 15.5 Å². The summed E-state index contributed by atoms with van der Waals surface area (Å²) in [4.78, 5) is 6.49. The predicted molar refractivity (Wildman–Crippen MR) is 76.6 cm³/mol. The molecule has 0 amide bonds. The van der Waals surface area contributed by atoms with Crippen LogP contribution in [0.4, 0.5) is 0 Å². The minimum Gasteiger partial charge on any atom is -0.355 e. The summed E-state index contributed by atoms with van der Waals surface area (Å²) in [6.45, 7) is 9.68. The summed E-state index contributed by atoms with van der Waals surface area (Å²) in [6.07, 6.45) is 1.19. The molecule has 0 aromatic heterocycles. The predicted octanol–water partition coefficient (Wildman–Crippen LogP) is 1.54. The van der Waals surface area contributed by atoms with E-state index in [-0.39, 0.29) is 0 Å². The lowest BCUT2D eigenvalue weighted by atomic mass is 10.0. The smallest absolute Gasteiger partial charge is 0.191 e. The van der Waals surface area contributed by atoms with Crippen molar-refractivity contribution in [3.63, 3.8) is 0 Å². The fraction of sp³-hybridized carbons (Fsp3) is 0.923. The first-order chi connectivity index (χ1) is 7.86. The van der Waals surface area contributed by atoms with E-state index in [1.54, 1.807) is 0 Å². The largest absolute Gasteiger partial charge is 0.355 e. The normalized spacial score (nSPS) is 14.6. The first kappa shape index (κ1) is 16.2. The molecule has 0 fully saturated rings. The van der Waals surface area contributed by atoms with E-state index in [4.69, 9.17) is 0 Å². The third-order valence-corrected chi connectivity index (χ3v) is 2.63. The van der Waals surface area contributed by atoms with Crippen LogP contribution in [0.5, 0.6) is 0 Å². The molecule has 0 spiro atoms. The molecule has 0 aliphatic rings. The standard InChI is InChI=1S/C13H30N4/c1-10(2)8-12(17(6)7)9-15-13(14-5)16-11(3)4/h10-12H,8-9H2,1-7H3,(H2,14,15,16). The Morgan fingerprint density at radius 3 is 2.12 bits per heavy atom. The van der Waals surface area contributed by atoms with Crippen molar-refractivity contribution in [1.29, 1.82) is 0 Å². The summed E-state index contributed by atoms with van der Waals surface area (Å²) in [7, 11) is 6.07. The maximum Gasteiger partial charge on any atom is 0.191 e. The Bertz CT molecular complexity index is 221. The van der Waals surface area contributed by atoms with Crippen LogP contribution in [0.3, 0.4) is 0 Å². The van der Waals surface area contributed by atoms with E-state index in [0.29, 0.717) is 18.0 Å². The van der Waals surface area contributed by atoms with E-state index in [0.717, 1.165) is 12.5 Å². The van der Waals surface area contributed by atoms with Gasteiger partial charge in [-0.15, -0.1) is 0 Å². The van der Waals surface area contributed by atoms with E-state index in [2.05, 4.69) is 62.3 Å². The average Bonchev–Trinajstić information content (AvgIpc) is 2.20. The van der Waals surface area contributed by atoms with Crippen molar-refractivity contribution in [3.05, 3.63) is 0 Å². The van der Waals surface area contributed by atoms with Crippen molar-refractivity contribution >= 4 is 5.96 Å². The number of hydrogen-bond donors (Lipinski definition) is 2. The summed E-state index contributed by atoms with van der Waals surface area (Å²) >= 11 is 0. The van der Waals surface area contributed by atoms with Gasteiger partial charge in [-0.3, -0.25) is 4.99 Å². The average molecular weight is 242 g/mol. The SMILES string of the molecule is CN=C(NCC(CC(C)C)N(C)C)NC(C)C. The van der Waals surface area contributed by atoms with Crippen LogP contribution in [0, 0.1) is 5.92 Å². The highest BCUT2D eigenvalue weighted by molar-refractivity contribution is 5.79. The Balaban J connectivity index is 4.19. The van der Waals surface area contributed by atoms with Crippen molar-refractivity contribution in [3.8, 4) is 0 Å². The molecule has 0 saturated carbocycles. The molecule has 102 valence electrons.